The van der Waals surface area contributed by atoms with Gasteiger partial charge in [-0.1, -0.05) is 0 Å². The molecule has 2 heterocycles. The van der Waals surface area contributed by atoms with Gasteiger partial charge in [-0.3, -0.25) is 0 Å². The Bertz CT molecular complexity index is 475. The standard InChI is InChI=1S/C17H29N3/c1-12(2)19-8-7-14(10-19)11-20-13(3)9-15-16(18)5-4-6-17(15)20/h9,12,14,16H,4-8,10-11,18H2,1-3H3. The Labute approximate surface area is 123 Å². The molecule has 0 aromatic carbocycles. The Kier molecular flexibility index (Phi) is 3.91. The maximum absolute atomic E-state index is 6.28. The van der Waals surface area contributed by atoms with Crippen LogP contribution in [0.25, 0.3) is 0 Å². The van der Waals surface area contributed by atoms with Gasteiger partial charge in [0.15, 0.2) is 0 Å². The zero-order chi connectivity index (χ0) is 14.3. The van der Waals surface area contributed by atoms with Gasteiger partial charge in [0, 0.05) is 36.6 Å². The second-order valence-corrected chi connectivity index (χ2v) is 7.04. The van der Waals surface area contributed by atoms with Crippen LogP contribution in [-0.4, -0.2) is 28.6 Å². The number of hydrogen-bond acceptors (Lipinski definition) is 2. The second-order valence-electron chi connectivity index (χ2n) is 7.04. The molecule has 1 aliphatic heterocycles. The minimum absolute atomic E-state index is 0.273. The summed E-state index contributed by atoms with van der Waals surface area (Å²) in [6.45, 7) is 10.6. The minimum atomic E-state index is 0.273. The van der Waals surface area contributed by atoms with E-state index in [1.165, 1.54) is 55.8 Å². The smallest absolute Gasteiger partial charge is 0.0313 e. The first-order chi connectivity index (χ1) is 9.56. The second kappa shape index (κ2) is 5.53. The average Bonchev–Trinajstić information content (AvgIpc) is 2.98. The molecule has 2 atom stereocenters. The maximum atomic E-state index is 6.28. The van der Waals surface area contributed by atoms with Crippen LogP contribution in [-0.2, 0) is 13.0 Å². The van der Waals surface area contributed by atoms with Crippen molar-refractivity contribution in [3.63, 3.8) is 0 Å². The van der Waals surface area contributed by atoms with E-state index in [1.807, 2.05) is 0 Å². The quantitative estimate of drug-likeness (QED) is 0.920. The van der Waals surface area contributed by atoms with Crippen molar-refractivity contribution in [1.82, 2.24) is 9.47 Å². The summed E-state index contributed by atoms with van der Waals surface area (Å²) in [5, 5.41) is 0. The topological polar surface area (TPSA) is 34.2 Å². The van der Waals surface area contributed by atoms with Crippen molar-refractivity contribution in [2.24, 2.45) is 11.7 Å². The SMILES string of the molecule is Cc1cc2c(n1CC1CCN(C(C)C)C1)CCCC2N. The van der Waals surface area contributed by atoms with Crippen molar-refractivity contribution in [1.29, 1.82) is 0 Å². The Morgan fingerprint density at radius 1 is 1.35 bits per heavy atom. The molecule has 112 valence electrons. The van der Waals surface area contributed by atoms with E-state index < -0.39 is 0 Å². The van der Waals surface area contributed by atoms with Crippen LogP contribution in [0.5, 0.6) is 0 Å². The summed E-state index contributed by atoms with van der Waals surface area (Å²) in [5.41, 5.74) is 10.6. The number of aromatic nitrogens is 1. The van der Waals surface area contributed by atoms with Gasteiger partial charge in [0.25, 0.3) is 0 Å². The molecule has 1 aromatic heterocycles. The van der Waals surface area contributed by atoms with E-state index in [0.717, 1.165) is 12.3 Å². The molecule has 2 aliphatic rings. The molecule has 1 aliphatic carbocycles. The highest BCUT2D eigenvalue weighted by Crippen LogP contribution is 2.32. The molecule has 0 bridgehead atoms. The molecule has 0 spiro atoms. The van der Waals surface area contributed by atoms with Crippen molar-refractivity contribution in [2.75, 3.05) is 13.1 Å². The van der Waals surface area contributed by atoms with Gasteiger partial charge in [-0.15, -0.1) is 0 Å². The fourth-order valence-corrected chi connectivity index (χ4v) is 3.99. The lowest BCUT2D eigenvalue weighted by Gasteiger charge is -2.23. The average molecular weight is 275 g/mol. The van der Waals surface area contributed by atoms with E-state index in [4.69, 9.17) is 5.73 Å². The predicted molar refractivity (Wildman–Crippen MR) is 83.9 cm³/mol. The summed E-state index contributed by atoms with van der Waals surface area (Å²) in [4.78, 5) is 2.61. The van der Waals surface area contributed by atoms with Crippen LogP contribution in [0.2, 0.25) is 0 Å². The third-order valence-electron chi connectivity index (χ3n) is 5.27. The lowest BCUT2D eigenvalue weighted by molar-refractivity contribution is 0.260. The van der Waals surface area contributed by atoms with E-state index in [-0.39, 0.29) is 6.04 Å². The monoisotopic (exact) mass is 275 g/mol. The molecule has 3 rings (SSSR count). The number of rotatable bonds is 3. The molecule has 0 radical (unpaired) electrons. The number of aryl methyl sites for hydroxylation is 1. The highest BCUT2D eigenvalue weighted by Gasteiger charge is 2.27. The molecular weight excluding hydrogens is 246 g/mol. The van der Waals surface area contributed by atoms with Crippen LogP contribution in [0.15, 0.2) is 6.07 Å². The fraction of sp³-hybridized carbons (Fsp3) is 0.765. The lowest BCUT2D eigenvalue weighted by atomic mass is 9.93. The molecule has 3 nitrogen and oxygen atoms in total. The van der Waals surface area contributed by atoms with E-state index >= 15 is 0 Å². The van der Waals surface area contributed by atoms with Crippen LogP contribution < -0.4 is 5.73 Å². The summed E-state index contributed by atoms with van der Waals surface area (Å²) in [5.74, 6) is 0.811. The molecule has 2 unspecified atom stereocenters. The van der Waals surface area contributed by atoms with Crippen molar-refractivity contribution < 1.29 is 0 Å². The summed E-state index contributed by atoms with van der Waals surface area (Å²) < 4.78 is 2.57. The first-order valence-corrected chi connectivity index (χ1v) is 8.24. The highest BCUT2D eigenvalue weighted by atomic mass is 15.2. The Morgan fingerprint density at radius 3 is 2.85 bits per heavy atom. The summed E-state index contributed by atoms with van der Waals surface area (Å²) in [6.07, 6.45) is 4.97. The van der Waals surface area contributed by atoms with Gasteiger partial charge in [-0.25, -0.2) is 0 Å². The zero-order valence-corrected chi connectivity index (χ0v) is 13.2. The molecular formula is C17H29N3. The number of nitrogens with zero attached hydrogens (tertiary/aromatic N) is 2. The minimum Gasteiger partial charge on any atom is -0.348 e. The number of hydrogen-bond donors (Lipinski definition) is 1. The first-order valence-electron chi connectivity index (χ1n) is 8.24. The third-order valence-corrected chi connectivity index (χ3v) is 5.27. The van der Waals surface area contributed by atoms with Gasteiger partial charge in [0.05, 0.1) is 0 Å². The molecule has 3 heteroatoms. The Morgan fingerprint density at radius 2 is 2.15 bits per heavy atom. The summed E-state index contributed by atoms with van der Waals surface area (Å²) >= 11 is 0. The van der Waals surface area contributed by atoms with Gasteiger partial charge in [-0.2, -0.15) is 0 Å². The molecule has 0 saturated carbocycles. The predicted octanol–water partition coefficient (Wildman–Crippen LogP) is 2.86. The number of likely N-dealkylation sites (tertiary alicyclic amines) is 1. The van der Waals surface area contributed by atoms with Crippen LogP contribution >= 0.6 is 0 Å². The van der Waals surface area contributed by atoms with E-state index in [0.29, 0.717) is 6.04 Å². The van der Waals surface area contributed by atoms with Crippen LogP contribution in [0.4, 0.5) is 0 Å². The lowest BCUT2D eigenvalue weighted by Crippen LogP contribution is -2.29. The zero-order valence-electron chi connectivity index (χ0n) is 13.2. The van der Waals surface area contributed by atoms with Gasteiger partial charge in [0.1, 0.15) is 0 Å². The highest BCUT2D eigenvalue weighted by molar-refractivity contribution is 5.32. The van der Waals surface area contributed by atoms with E-state index in [1.54, 1.807) is 0 Å². The van der Waals surface area contributed by atoms with E-state index in [2.05, 4.69) is 36.3 Å². The van der Waals surface area contributed by atoms with Crippen LogP contribution in [0.1, 0.15) is 56.1 Å². The summed E-state index contributed by atoms with van der Waals surface area (Å²) in [7, 11) is 0. The van der Waals surface area contributed by atoms with Gasteiger partial charge in [0.2, 0.25) is 0 Å². The molecule has 1 fully saturated rings. The van der Waals surface area contributed by atoms with Crippen molar-refractivity contribution in [3.8, 4) is 0 Å². The largest absolute Gasteiger partial charge is 0.348 e. The van der Waals surface area contributed by atoms with Gasteiger partial charge < -0.3 is 15.2 Å². The molecule has 0 amide bonds. The maximum Gasteiger partial charge on any atom is 0.0313 e. The van der Waals surface area contributed by atoms with Crippen LogP contribution in [0.3, 0.4) is 0 Å². The van der Waals surface area contributed by atoms with Crippen LogP contribution in [0, 0.1) is 12.8 Å². The third kappa shape index (κ3) is 2.53. The molecule has 1 saturated heterocycles. The number of nitrogens with two attached hydrogens (primary N) is 1. The van der Waals surface area contributed by atoms with Gasteiger partial charge >= 0.3 is 0 Å². The van der Waals surface area contributed by atoms with Crippen molar-refractivity contribution in [3.05, 3.63) is 23.0 Å². The normalized spacial score (nSPS) is 27.2. The first kappa shape index (κ1) is 14.2. The Balaban J connectivity index is 1.75. The number of fused-ring (bicyclic) bond motifs is 1. The fourth-order valence-electron chi connectivity index (χ4n) is 3.99. The van der Waals surface area contributed by atoms with Crippen molar-refractivity contribution >= 4 is 0 Å². The summed E-state index contributed by atoms with van der Waals surface area (Å²) in [6, 6.07) is 3.30. The van der Waals surface area contributed by atoms with Gasteiger partial charge in [-0.05, 0) is 70.5 Å². The Hall–Kier alpha value is -0.800. The van der Waals surface area contributed by atoms with Crippen molar-refractivity contribution in [2.45, 2.75) is 65.1 Å². The molecule has 2 N–H and O–H groups in total. The molecule has 20 heavy (non-hydrogen) atoms. The van der Waals surface area contributed by atoms with E-state index in [9.17, 15) is 0 Å². The molecule has 1 aromatic rings.